The average Bonchev–Trinajstić information content (AvgIpc) is 2.37. The van der Waals surface area contributed by atoms with Gasteiger partial charge in [0.1, 0.15) is 0 Å². The van der Waals surface area contributed by atoms with Gasteiger partial charge in [0.15, 0.2) is 0 Å². The molecule has 1 atom stereocenters. The molecule has 1 aromatic carbocycles. The van der Waals surface area contributed by atoms with Gasteiger partial charge in [-0.15, -0.1) is 0 Å². The molecule has 0 heterocycles. The van der Waals surface area contributed by atoms with E-state index in [0.29, 0.717) is 11.8 Å². The topological polar surface area (TPSA) is 78.4 Å². The van der Waals surface area contributed by atoms with Crippen LogP contribution in [0, 0.1) is 5.92 Å². The second-order valence-electron chi connectivity index (χ2n) is 3.95. The lowest BCUT2D eigenvalue weighted by Gasteiger charge is -2.12. The highest BCUT2D eigenvalue weighted by Crippen LogP contribution is 2.31. The first-order chi connectivity index (χ1) is 9.40. The number of aliphatic carboxylic acids is 1. The Morgan fingerprint density at radius 2 is 2.00 bits per heavy atom. The second-order valence-corrected chi connectivity index (χ2v) is 4.98. The molecule has 0 bridgehead atoms. The Bertz CT molecular complexity index is 486. The Morgan fingerprint density at radius 3 is 2.60 bits per heavy atom. The molecule has 0 aliphatic rings. The van der Waals surface area contributed by atoms with Crippen LogP contribution in [0.3, 0.4) is 0 Å². The second kappa shape index (κ2) is 7.68. The van der Waals surface area contributed by atoms with Crippen molar-refractivity contribution in [3.63, 3.8) is 0 Å². The minimum atomic E-state index is -2.59. The molecule has 0 aromatic heterocycles. The molecule has 110 valence electrons. The van der Waals surface area contributed by atoms with Crippen LogP contribution in [0.4, 0.5) is 19.3 Å². The van der Waals surface area contributed by atoms with Crippen molar-refractivity contribution in [2.75, 3.05) is 11.9 Å². The molecule has 3 N–H and O–H groups in total. The molecule has 0 saturated carbocycles. The number of urea groups is 1. The maximum absolute atomic E-state index is 12.4. The van der Waals surface area contributed by atoms with Crippen LogP contribution < -0.4 is 10.6 Å². The third-order valence-electron chi connectivity index (χ3n) is 2.34. The highest BCUT2D eigenvalue weighted by molar-refractivity contribution is 7.99. The van der Waals surface area contributed by atoms with E-state index in [9.17, 15) is 18.4 Å². The number of amides is 2. The van der Waals surface area contributed by atoms with Crippen molar-refractivity contribution in [3.8, 4) is 0 Å². The van der Waals surface area contributed by atoms with Crippen molar-refractivity contribution < 1.29 is 23.5 Å². The van der Waals surface area contributed by atoms with E-state index in [0.717, 1.165) is 0 Å². The molecular formula is C12H14F2N2O3S. The van der Waals surface area contributed by atoms with Gasteiger partial charge in [-0.05, 0) is 12.1 Å². The van der Waals surface area contributed by atoms with Crippen molar-refractivity contribution >= 4 is 29.4 Å². The van der Waals surface area contributed by atoms with Gasteiger partial charge < -0.3 is 15.7 Å². The Morgan fingerprint density at radius 1 is 1.35 bits per heavy atom. The van der Waals surface area contributed by atoms with E-state index in [-0.39, 0.29) is 17.1 Å². The largest absolute Gasteiger partial charge is 0.481 e. The summed E-state index contributed by atoms with van der Waals surface area (Å²) in [6.07, 6.45) is 0. The van der Waals surface area contributed by atoms with E-state index in [4.69, 9.17) is 5.11 Å². The van der Waals surface area contributed by atoms with Gasteiger partial charge in [-0.3, -0.25) is 4.79 Å². The molecule has 0 spiro atoms. The molecule has 0 radical (unpaired) electrons. The standard InChI is InChI=1S/C12H14F2N2O3S/c1-7(10(17)18)6-15-12(19)16-8-4-2-3-5-9(8)20-11(13)14/h2-5,7,11H,6H2,1H3,(H,17,18)(H2,15,16,19). The number of anilines is 1. The predicted octanol–water partition coefficient (Wildman–Crippen LogP) is 2.84. The number of carboxylic acid groups (broad SMARTS) is 1. The van der Waals surface area contributed by atoms with Crippen LogP contribution in [0.5, 0.6) is 0 Å². The average molecular weight is 304 g/mol. The lowest BCUT2D eigenvalue weighted by atomic mass is 10.2. The molecule has 20 heavy (non-hydrogen) atoms. The summed E-state index contributed by atoms with van der Waals surface area (Å²) in [5.74, 6) is -4.35. The number of carbonyl (C=O) groups excluding carboxylic acids is 1. The van der Waals surface area contributed by atoms with Crippen LogP contribution >= 0.6 is 11.8 Å². The van der Waals surface area contributed by atoms with Gasteiger partial charge in [0.25, 0.3) is 5.76 Å². The van der Waals surface area contributed by atoms with Gasteiger partial charge in [-0.2, -0.15) is 8.78 Å². The highest BCUT2D eigenvalue weighted by Gasteiger charge is 2.14. The zero-order valence-electron chi connectivity index (χ0n) is 10.6. The maximum Gasteiger partial charge on any atom is 0.319 e. The maximum atomic E-state index is 12.4. The molecule has 0 fully saturated rings. The molecule has 0 aliphatic carbocycles. The third-order valence-corrected chi connectivity index (χ3v) is 3.13. The van der Waals surface area contributed by atoms with E-state index >= 15 is 0 Å². The van der Waals surface area contributed by atoms with Crippen molar-refractivity contribution in [3.05, 3.63) is 24.3 Å². The number of nitrogens with one attached hydrogen (secondary N) is 2. The summed E-state index contributed by atoms with van der Waals surface area (Å²) < 4.78 is 24.7. The fourth-order valence-electron chi connectivity index (χ4n) is 1.27. The SMILES string of the molecule is CC(CNC(=O)Nc1ccccc1SC(F)F)C(=O)O. The Labute approximate surface area is 118 Å². The van der Waals surface area contributed by atoms with Crippen LogP contribution in [-0.4, -0.2) is 29.4 Å². The van der Waals surface area contributed by atoms with Crippen LogP contribution in [0.15, 0.2) is 29.2 Å². The van der Waals surface area contributed by atoms with Gasteiger partial charge in [-0.25, -0.2) is 4.79 Å². The summed E-state index contributed by atoms with van der Waals surface area (Å²) in [6, 6.07) is 5.50. The molecule has 8 heteroatoms. The molecule has 1 unspecified atom stereocenters. The number of hydrogen-bond donors (Lipinski definition) is 3. The third kappa shape index (κ3) is 5.43. The van der Waals surface area contributed by atoms with Crippen LogP contribution in [0.25, 0.3) is 0 Å². The minimum Gasteiger partial charge on any atom is -0.481 e. The number of rotatable bonds is 6. The molecule has 0 aliphatic heterocycles. The fraction of sp³-hybridized carbons (Fsp3) is 0.333. The van der Waals surface area contributed by atoms with Gasteiger partial charge in [-0.1, -0.05) is 30.8 Å². The summed E-state index contributed by atoms with van der Waals surface area (Å²) in [7, 11) is 0. The predicted molar refractivity (Wildman–Crippen MR) is 72.1 cm³/mol. The van der Waals surface area contributed by atoms with Gasteiger partial charge in [0.2, 0.25) is 0 Å². The first-order valence-electron chi connectivity index (χ1n) is 5.71. The number of thioether (sulfide) groups is 1. The minimum absolute atomic E-state index is 0.0503. The molecule has 1 aromatic rings. The summed E-state index contributed by atoms with van der Waals surface area (Å²) in [5.41, 5.74) is 0.248. The number of carbonyl (C=O) groups is 2. The molecular weight excluding hydrogens is 290 g/mol. The van der Waals surface area contributed by atoms with E-state index < -0.39 is 23.7 Å². The molecule has 1 rings (SSSR count). The van der Waals surface area contributed by atoms with Crippen LogP contribution in [0.2, 0.25) is 0 Å². The van der Waals surface area contributed by atoms with E-state index in [1.54, 1.807) is 12.1 Å². The lowest BCUT2D eigenvalue weighted by molar-refractivity contribution is -0.140. The van der Waals surface area contributed by atoms with Crippen molar-refractivity contribution in [2.45, 2.75) is 17.6 Å². The summed E-state index contributed by atoms with van der Waals surface area (Å²) in [6.45, 7) is 1.40. The summed E-state index contributed by atoms with van der Waals surface area (Å²) in [5, 5.41) is 13.4. The van der Waals surface area contributed by atoms with E-state index in [1.165, 1.54) is 19.1 Å². The van der Waals surface area contributed by atoms with Gasteiger partial charge in [0.05, 0.1) is 11.6 Å². The van der Waals surface area contributed by atoms with Crippen molar-refractivity contribution in [1.82, 2.24) is 5.32 Å². The van der Waals surface area contributed by atoms with E-state index in [1.807, 2.05) is 0 Å². The first kappa shape index (κ1) is 16.2. The Hall–Kier alpha value is -1.83. The van der Waals surface area contributed by atoms with Crippen LogP contribution in [-0.2, 0) is 4.79 Å². The van der Waals surface area contributed by atoms with Gasteiger partial charge >= 0.3 is 12.0 Å². The molecule has 5 nitrogen and oxygen atoms in total. The van der Waals surface area contributed by atoms with Crippen molar-refractivity contribution in [1.29, 1.82) is 0 Å². The smallest absolute Gasteiger partial charge is 0.319 e. The van der Waals surface area contributed by atoms with Crippen LogP contribution in [0.1, 0.15) is 6.92 Å². The van der Waals surface area contributed by atoms with Gasteiger partial charge in [0, 0.05) is 11.4 Å². The zero-order valence-corrected chi connectivity index (χ0v) is 11.4. The first-order valence-corrected chi connectivity index (χ1v) is 6.59. The zero-order chi connectivity index (χ0) is 15.1. The van der Waals surface area contributed by atoms with Crippen molar-refractivity contribution in [2.24, 2.45) is 5.92 Å². The summed E-state index contributed by atoms with van der Waals surface area (Å²) >= 11 is 0.326. The van der Waals surface area contributed by atoms with E-state index in [2.05, 4.69) is 10.6 Å². The fourth-order valence-corrected chi connectivity index (χ4v) is 1.86. The lowest BCUT2D eigenvalue weighted by Crippen LogP contribution is -2.34. The number of benzene rings is 1. The number of halogens is 2. The normalized spacial score (nSPS) is 12.0. The number of alkyl halides is 2. The molecule has 0 saturated heterocycles. The Balaban J connectivity index is 2.59. The number of carboxylic acids is 1. The monoisotopic (exact) mass is 304 g/mol. The summed E-state index contributed by atoms with van der Waals surface area (Å²) in [4.78, 5) is 22.4. The highest BCUT2D eigenvalue weighted by atomic mass is 32.2. The molecule has 2 amide bonds. The number of para-hydroxylation sites is 1. The quantitative estimate of drug-likeness (QED) is 0.706. The number of hydrogen-bond acceptors (Lipinski definition) is 3. The Kier molecular flexibility index (Phi) is 6.23.